The van der Waals surface area contributed by atoms with E-state index in [1.165, 1.54) is 0 Å². The lowest BCUT2D eigenvalue weighted by molar-refractivity contribution is -0.116. The molecule has 3 rings (SSSR count). The molecule has 3 heteroatoms. The molecule has 2 aromatic rings. The van der Waals surface area contributed by atoms with Gasteiger partial charge in [0.15, 0.2) is 5.78 Å². The molecule has 3 nitrogen and oxygen atoms in total. The third-order valence-electron chi connectivity index (χ3n) is 3.90. The number of carbonyl (C=O) groups is 1. The predicted octanol–water partition coefficient (Wildman–Crippen LogP) is 4.21. The van der Waals surface area contributed by atoms with Gasteiger partial charge >= 0.3 is 0 Å². The number of rotatable bonds is 3. The summed E-state index contributed by atoms with van der Waals surface area (Å²) < 4.78 is 10.8. The minimum atomic E-state index is 0.0625. The number of hydrogen-bond acceptors (Lipinski definition) is 3. The van der Waals surface area contributed by atoms with Crippen molar-refractivity contribution in [2.24, 2.45) is 0 Å². The Balaban J connectivity index is 1.98. The number of ether oxygens (including phenoxy) is 1. The summed E-state index contributed by atoms with van der Waals surface area (Å²) in [4.78, 5) is 12.3. The molecule has 1 heterocycles. The molecule has 0 bridgehead atoms. The Kier molecular flexibility index (Phi) is 3.91. The van der Waals surface area contributed by atoms with E-state index < -0.39 is 0 Å². The summed E-state index contributed by atoms with van der Waals surface area (Å²) in [6.45, 7) is 0. The number of benzene rings is 1. The first-order chi connectivity index (χ1) is 10.3. The van der Waals surface area contributed by atoms with E-state index in [-0.39, 0.29) is 11.7 Å². The summed E-state index contributed by atoms with van der Waals surface area (Å²) >= 11 is 0. The molecular weight excluding hydrogens is 264 g/mol. The summed E-state index contributed by atoms with van der Waals surface area (Å²) in [5.41, 5.74) is 1.82. The molecule has 0 N–H and O–H groups in total. The van der Waals surface area contributed by atoms with Gasteiger partial charge in [-0.3, -0.25) is 4.79 Å². The maximum atomic E-state index is 12.3. The van der Waals surface area contributed by atoms with E-state index in [2.05, 4.69) is 0 Å². The molecule has 1 unspecified atom stereocenters. The highest BCUT2D eigenvalue weighted by molar-refractivity contribution is 6.01. The van der Waals surface area contributed by atoms with Crippen molar-refractivity contribution < 1.29 is 13.9 Å². The minimum Gasteiger partial charge on any atom is -0.497 e. The zero-order chi connectivity index (χ0) is 14.7. The zero-order valence-corrected chi connectivity index (χ0v) is 12.0. The van der Waals surface area contributed by atoms with E-state index in [1.807, 2.05) is 42.5 Å². The monoisotopic (exact) mass is 282 g/mol. The van der Waals surface area contributed by atoms with Crippen LogP contribution in [0.25, 0.3) is 6.08 Å². The van der Waals surface area contributed by atoms with Crippen LogP contribution in [0.1, 0.15) is 36.5 Å². The Morgan fingerprint density at radius 2 is 2.19 bits per heavy atom. The van der Waals surface area contributed by atoms with Gasteiger partial charge in [-0.05, 0) is 48.7 Å². The molecule has 1 fully saturated rings. The van der Waals surface area contributed by atoms with Gasteiger partial charge in [0, 0.05) is 17.9 Å². The molecule has 0 saturated heterocycles. The highest BCUT2D eigenvalue weighted by Crippen LogP contribution is 2.36. The number of ketones is 1. The Labute approximate surface area is 124 Å². The first-order valence-electron chi connectivity index (χ1n) is 7.20. The Hall–Kier alpha value is -2.29. The second-order valence-corrected chi connectivity index (χ2v) is 5.26. The molecule has 0 radical (unpaired) electrons. The molecule has 1 aromatic carbocycles. The van der Waals surface area contributed by atoms with Crippen LogP contribution in [0.2, 0.25) is 0 Å². The zero-order valence-electron chi connectivity index (χ0n) is 12.0. The Morgan fingerprint density at radius 1 is 1.29 bits per heavy atom. The van der Waals surface area contributed by atoms with Crippen LogP contribution in [0, 0.1) is 0 Å². The van der Waals surface area contributed by atoms with E-state index in [4.69, 9.17) is 9.15 Å². The number of methoxy groups -OCH3 is 1. The van der Waals surface area contributed by atoms with Gasteiger partial charge in [0.1, 0.15) is 11.5 Å². The van der Waals surface area contributed by atoms with Crippen molar-refractivity contribution in [1.82, 2.24) is 0 Å². The lowest BCUT2D eigenvalue weighted by Crippen LogP contribution is -2.17. The number of Topliss-reactive ketones (excluding diaryl/α,β-unsaturated/α-hetero) is 1. The molecule has 0 aliphatic heterocycles. The van der Waals surface area contributed by atoms with Gasteiger partial charge in [-0.1, -0.05) is 12.1 Å². The minimum absolute atomic E-state index is 0.0625. The van der Waals surface area contributed by atoms with Crippen LogP contribution in [-0.4, -0.2) is 12.9 Å². The van der Waals surface area contributed by atoms with E-state index in [1.54, 1.807) is 13.4 Å². The van der Waals surface area contributed by atoms with Crippen LogP contribution < -0.4 is 4.74 Å². The van der Waals surface area contributed by atoms with Crippen LogP contribution in [0.15, 0.2) is 52.7 Å². The van der Waals surface area contributed by atoms with Gasteiger partial charge in [-0.15, -0.1) is 0 Å². The summed E-state index contributed by atoms with van der Waals surface area (Å²) in [5, 5.41) is 0. The number of carbonyl (C=O) groups excluding carboxylic acids is 1. The number of furan rings is 1. The van der Waals surface area contributed by atoms with Crippen LogP contribution in [-0.2, 0) is 4.79 Å². The van der Waals surface area contributed by atoms with E-state index in [0.29, 0.717) is 6.42 Å². The summed E-state index contributed by atoms with van der Waals surface area (Å²) in [5.74, 6) is 1.94. The lowest BCUT2D eigenvalue weighted by atomic mass is 9.81. The third kappa shape index (κ3) is 2.92. The van der Waals surface area contributed by atoms with Gasteiger partial charge in [0.25, 0.3) is 0 Å². The quantitative estimate of drug-likeness (QED) is 0.792. The lowest BCUT2D eigenvalue weighted by Gasteiger charge is -2.22. The molecule has 0 amide bonds. The molecule has 21 heavy (non-hydrogen) atoms. The van der Waals surface area contributed by atoms with Crippen molar-refractivity contribution in [3.63, 3.8) is 0 Å². The van der Waals surface area contributed by atoms with E-state index in [9.17, 15) is 4.79 Å². The second-order valence-electron chi connectivity index (χ2n) is 5.26. The van der Waals surface area contributed by atoms with Gasteiger partial charge in [-0.25, -0.2) is 0 Å². The molecule has 1 aliphatic rings. The van der Waals surface area contributed by atoms with E-state index >= 15 is 0 Å². The average molecular weight is 282 g/mol. The van der Waals surface area contributed by atoms with Crippen LogP contribution >= 0.6 is 0 Å². The summed E-state index contributed by atoms with van der Waals surface area (Å²) in [6.07, 6.45) is 6.12. The van der Waals surface area contributed by atoms with Crippen LogP contribution in [0.3, 0.4) is 0 Å². The van der Waals surface area contributed by atoms with E-state index in [0.717, 1.165) is 35.5 Å². The third-order valence-corrected chi connectivity index (χ3v) is 3.90. The fourth-order valence-corrected chi connectivity index (χ4v) is 2.84. The smallest absolute Gasteiger partial charge is 0.159 e. The van der Waals surface area contributed by atoms with Crippen molar-refractivity contribution in [3.8, 4) is 5.75 Å². The highest BCUT2D eigenvalue weighted by Gasteiger charge is 2.28. The molecule has 1 saturated carbocycles. The molecule has 1 aliphatic carbocycles. The largest absolute Gasteiger partial charge is 0.497 e. The van der Waals surface area contributed by atoms with Crippen LogP contribution in [0.5, 0.6) is 5.75 Å². The molecule has 1 aromatic heterocycles. The van der Waals surface area contributed by atoms with Crippen molar-refractivity contribution in [1.29, 1.82) is 0 Å². The van der Waals surface area contributed by atoms with Gasteiger partial charge < -0.3 is 9.15 Å². The first-order valence-corrected chi connectivity index (χ1v) is 7.20. The second kappa shape index (κ2) is 6.00. The fourth-order valence-electron chi connectivity index (χ4n) is 2.84. The molecule has 0 spiro atoms. The standard InChI is InChI=1S/C18H18O3/c1-20-14-6-2-5-13(11-14)12-16-15(7-3-8-17(16)19)18-9-4-10-21-18/h2,4-6,9-12,15H,3,7-8H2,1H3. The highest BCUT2D eigenvalue weighted by atomic mass is 16.5. The van der Waals surface area contributed by atoms with Crippen molar-refractivity contribution in [3.05, 3.63) is 59.6 Å². The Bertz CT molecular complexity index is 653. The molecule has 108 valence electrons. The van der Waals surface area contributed by atoms with Crippen LogP contribution in [0.4, 0.5) is 0 Å². The maximum Gasteiger partial charge on any atom is 0.159 e. The normalized spacial score (nSPS) is 20.7. The van der Waals surface area contributed by atoms with Gasteiger partial charge in [-0.2, -0.15) is 0 Å². The maximum absolute atomic E-state index is 12.3. The molecule has 1 atom stereocenters. The van der Waals surface area contributed by atoms with Gasteiger partial charge in [0.05, 0.1) is 13.4 Å². The van der Waals surface area contributed by atoms with Crippen molar-refractivity contribution >= 4 is 11.9 Å². The first kappa shape index (κ1) is 13.7. The summed E-state index contributed by atoms with van der Waals surface area (Å²) in [6, 6.07) is 11.6. The Morgan fingerprint density at radius 3 is 2.95 bits per heavy atom. The van der Waals surface area contributed by atoms with Crippen molar-refractivity contribution in [2.75, 3.05) is 7.11 Å². The number of allylic oxidation sites excluding steroid dienone is 1. The van der Waals surface area contributed by atoms with Crippen molar-refractivity contribution in [2.45, 2.75) is 25.2 Å². The summed E-state index contributed by atoms with van der Waals surface area (Å²) in [7, 11) is 1.64. The molecular formula is C18H18O3. The predicted molar refractivity (Wildman–Crippen MR) is 81.3 cm³/mol. The average Bonchev–Trinajstić information content (AvgIpc) is 3.04. The van der Waals surface area contributed by atoms with Gasteiger partial charge in [0.2, 0.25) is 0 Å². The fraction of sp³-hybridized carbons (Fsp3) is 0.278. The number of hydrogen-bond donors (Lipinski definition) is 0. The SMILES string of the molecule is COc1cccc(C=C2C(=O)CCCC2c2ccco2)c1. The topological polar surface area (TPSA) is 39.4 Å².